The number of likely N-dealkylation sites (N-methyl/N-ethyl adjacent to an activating group) is 1. The van der Waals surface area contributed by atoms with E-state index in [2.05, 4.69) is 0 Å². The van der Waals surface area contributed by atoms with Crippen LogP contribution in [-0.4, -0.2) is 42.9 Å². The first-order valence-corrected chi connectivity index (χ1v) is 3.24. The van der Waals surface area contributed by atoms with E-state index in [0.29, 0.717) is 13.1 Å². The highest BCUT2D eigenvalue weighted by Crippen LogP contribution is 1.85. The van der Waals surface area contributed by atoms with E-state index in [9.17, 15) is 4.39 Å². The Hall–Kier alpha value is -0.150. The smallest absolute Gasteiger partial charge is 0.102 e. The molecule has 0 spiro atoms. The highest BCUT2D eigenvalue weighted by Gasteiger charge is 1.97. The molecule has 0 radical (unpaired) electrons. The molecule has 0 aliphatic heterocycles. The predicted molar refractivity (Wildman–Crippen MR) is 35.2 cm³/mol. The summed E-state index contributed by atoms with van der Waals surface area (Å²) in [7, 11) is 0. The van der Waals surface area contributed by atoms with E-state index < -0.39 is 0 Å². The van der Waals surface area contributed by atoms with Gasteiger partial charge in [-0.25, -0.2) is 4.39 Å². The van der Waals surface area contributed by atoms with Gasteiger partial charge in [0.1, 0.15) is 6.67 Å². The maximum absolute atomic E-state index is 11.6. The molecule has 0 aromatic heterocycles. The molecule has 0 aromatic rings. The van der Waals surface area contributed by atoms with Crippen molar-refractivity contribution in [3.05, 3.63) is 0 Å². The Morgan fingerprint density at radius 2 is 2.11 bits per heavy atom. The molecule has 3 heteroatoms. The Morgan fingerprint density at radius 1 is 1.44 bits per heavy atom. The highest BCUT2D eigenvalue weighted by molar-refractivity contribution is 4.51. The number of aliphatic hydroxyl groups is 1. The van der Waals surface area contributed by atoms with Gasteiger partial charge in [0.15, 0.2) is 0 Å². The summed E-state index contributed by atoms with van der Waals surface area (Å²) in [6.07, 6.45) is 0. The predicted octanol–water partition coefficient (Wildman–Crippen LogP) is 0.270. The quantitative estimate of drug-likeness (QED) is 0.585. The second-order valence-electron chi connectivity index (χ2n) is 1.85. The molecule has 9 heavy (non-hydrogen) atoms. The van der Waals surface area contributed by atoms with Crippen LogP contribution in [0.2, 0.25) is 0 Å². The third-order valence-corrected chi connectivity index (χ3v) is 1.26. The lowest BCUT2D eigenvalue weighted by molar-refractivity contribution is 0.192. The number of halogens is 1. The number of hydrogen-bond donors (Lipinski definition) is 1. The van der Waals surface area contributed by atoms with Crippen LogP contribution in [0.3, 0.4) is 0 Å². The maximum atomic E-state index is 11.6. The minimum absolute atomic E-state index is 0.119. The molecular weight excluding hydrogens is 121 g/mol. The standard InChI is InChI=1S/C6H14FNO/c1-2-8(4-3-7)5-6-9/h9H,2-6H2,1H3. The van der Waals surface area contributed by atoms with Gasteiger partial charge >= 0.3 is 0 Å². The molecule has 0 aliphatic rings. The molecule has 0 atom stereocenters. The van der Waals surface area contributed by atoms with Crippen LogP contribution in [0, 0.1) is 0 Å². The van der Waals surface area contributed by atoms with Gasteiger partial charge in [-0.2, -0.15) is 0 Å². The first-order chi connectivity index (χ1) is 4.35. The van der Waals surface area contributed by atoms with Crippen LogP contribution < -0.4 is 0 Å². The highest BCUT2D eigenvalue weighted by atomic mass is 19.1. The lowest BCUT2D eigenvalue weighted by Gasteiger charge is -2.15. The molecule has 0 rings (SSSR count). The van der Waals surface area contributed by atoms with Crippen LogP contribution in [-0.2, 0) is 0 Å². The Bertz CT molecular complexity index is 55.0. The lowest BCUT2D eigenvalue weighted by Crippen LogP contribution is -2.28. The molecule has 0 fully saturated rings. The summed E-state index contributed by atoms with van der Waals surface area (Å²) >= 11 is 0. The number of hydrogen-bond acceptors (Lipinski definition) is 2. The van der Waals surface area contributed by atoms with E-state index in [0.717, 1.165) is 6.54 Å². The van der Waals surface area contributed by atoms with Crippen molar-refractivity contribution in [1.29, 1.82) is 0 Å². The molecular formula is C6H14FNO. The van der Waals surface area contributed by atoms with Gasteiger partial charge in [0, 0.05) is 13.1 Å². The summed E-state index contributed by atoms with van der Waals surface area (Å²) in [6, 6.07) is 0. The van der Waals surface area contributed by atoms with Gasteiger partial charge in [-0.15, -0.1) is 0 Å². The van der Waals surface area contributed by atoms with Crippen molar-refractivity contribution in [1.82, 2.24) is 4.90 Å². The first-order valence-electron chi connectivity index (χ1n) is 3.24. The summed E-state index contributed by atoms with van der Waals surface area (Å²) in [5.41, 5.74) is 0. The van der Waals surface area contributed by atoms with Gasteiger partial charge in [0.25, 0.3) is 0 Å². The average Bonchev–Trinajstić information content (AvgIpc) is 1.88. The summed E-state index contributed by atoms with van der Waals surface area (Å²) in [6.45, 7) is 3.58. The number of nitrogens with zero attached hydrogens (tertiary/aromatic N) is 1. The molecule has 56 valence electrons. The number of aliphatic hydroxyl groups excluding tert-OH is 1. The molecule has 1 N–H and O–H groups in total. The fourth-order valence-electron chi connectivity index (χ4n) is 0.689. The Balaban J connectivity index is 3.18. The van der Waals surface area contributed by atoms with Crippen molar-refractivity contribution in [2.75, 3.05) is 32.9 Å². The van der Waals surface area contributed by atoms with Gasteiger partial charge in [-0.3, -0.25) is 4.90 Å². The third kappa shape index (κ3) is 4.36. The summed E-state index contributed by atoms with van der Waals surface area (Å²) in [5.74, 6) is 0. The Labute approximate surface area is 55.3 Å². The van der Waals surface area contributed by atoms with E-state index in [1.54, 1.807) is 0 Å². The molecule has 0 aliphatic carbocycles. The Kier molecular flexibility index (Phi) is 5.88. The van der Waals surface area contributed by atoms with Crippen LogP contribution in [0.1, 0.15) is 6.92 Å². The van der Waals surface area contributed by atoms with Crippen molar-refractivity contribution in [3.8, 4) is 0 Å². The largest absolute Gasteiger partial charge is 0.395 e. The van der Waals surface area contributed by atoms with E-state index >= 15 is 0 Å². The number of alkyl halides is 1. The van der Waals surface area contributed by atoms with Gasteiger partial charge in [0.05, 0.1) is 6.61 Å². The zero-order chi connectivity index (χ0) is 7.11. The van der Waals surface area contributed by atoms with Crippen molar-refractivity contribution < 1.29 is 9.50 Å². The van der Waals surface area contributed by atoms with Crippen LogP contribution in [0.5, 0.6) is 0 Å². The second kappa shape index (κ2) is 5.98. The second-order valence-corrected chi connectivity index (χ2v) is 1.85. The van der Waals surface area contributed by atoms with Gasteiger partial charge in [-0.05, 0) is 6.54 Å². The number of rotatable bonds is 5. The molecule has 0 saturated carbocycles. The molecule has 0 heterocycles. The maximum Gasteiger partial charge on any atom is 0.102 e. The van der Waals surface area contributed by atoms with Crippen LogP contribution in [0.15, 0.2) is 0 Å². The van der Waals surface area contributed by atoms with Crippen molar-refractivity contribution >= 4 is 0 Å². The summed E-state index contributed by atoms with van der Waals surface area (Å²) in [5, 5.41) is 8.43. The fourth-order valence-corrected chi connectivity index (χ4v) is 0.689. The molecule has 0 bridgehead atoms. The summed E-state index contributed by atoms with van der Waals surface area (Å²) in [4.78, 5) is 1.86. The fraction of sp³-hybridized carbons (Fsp3) is 1.00. The lowest BCUT2D eigenvalue weighted by atomic mass is 10.5. The Morgan fingerprint density at radius 3 is 2.44 bits per heavy atom. The normalized spacial score (nSPS) is 10.7. The molecule has 2 nitrogen and oxygen atoms in total. The molecule has 0 amide bonds. The van der Waals surface area contributed by atoms with E-state index in [-0.39, 0.29) is 13.3 Å². The molecule has 0 saturated heterocycles. The molecule has 0 aromatic carbocycles. The van der Waals surface area contributed by atoms with E-state index in [4.69, 9.17) is 5.11 Å². The van der Waals surface area contributed by atoms with Crippen LogP contribution >= 0.6 is 0 Å². The third-order valence-electron chi connectivity index (χ3n) is 1.26. The zero-order valence-corrected chi connectivity index (χ0v) is 5.81. The van der Waals surface area contributed by atoms with Crippen LogP contribution in [0.25, 0.3) is 0 Å². The van der Waals surface area contributed by atoms with E-state index in [1.807, 2.05) is 11.8 Å². The minimum Gasteiger partial charge on any atom is -0.395 e. The summed E-state index contributed by atoms with van der Waals surface area (Å²) < 4.78 is 11.6. The van der Waals surface area contributed by atoms with Crippen LogP contribution in [0.4, 0.5) is 4.39 Å². The topological polar surface area (TPSA) is 23.5 Å². The monoisotopic (exact) mass is 135 g/mol. The minimum atomic E-state index is -0.326. The SMILES string of the molecule is CCN(CCO)CCF. The molecule has 0 unspecified atom stereocenters. The van der Waals surface area contributed by atoms with Gasteiger partial charge < -0.3 is 5.11 Å². The van der Waals surface area contributed by atoms with Gasteiger partial charge in [0.2, 0.25) is 0 Å². The average molecular weight is 135 g/mol. The zero-order valence-electron chi connectivity index (χ0n) is 5.81. The van der Waals surface area contributed by atoms with Crippen molar-refractivity contribution in [3.63, 3.8) is 0 Å². The van der Waals surface area contributed by atoms with E-state index in [1.165, 1.54) is 0 Å². The van der Waals surface area contributed by atoms with Crippen molar-refractivity contribution in [2.45, 2.75) is 6.92 Å². The first kappa shape index (κ1) is 8.85. The van der Waals surface area contributed by atoms with Crippen molar-refractivity contribution in [2.24, 2.45) is 0 Å². The van der Waals surface area contributed by atoms with Gasteiger partial charge in [-0.1, -0.05) is 6.92 Å².